The summed E-state index contributed by atoms with van der Waals surface area (Å²) in [5, 5.41) is 0.571. The number of esters is 1. The molecular weight excluding hydrogens is 324 g/mol. The minimum absolute atomic E-state index is 0.432. The first-order valence-corrected chi connectivity index (χ1v) is 7.86. The van der Waals surface area contributed by atoms with Crippen molar-refractivity contribution < 1.29 is 9.53 Å². The van der Waals surface area contributed by atoms with Gasteiger partial charge >= 0.3 is 5.97 Å². The molecule has 2 aromatic carbocycles. The van der Waals surface area contributed by atoms with Crippen molar-refractivity contribution in [2.75, 3.05) is 0 Å². The summed E-state index contributed by atoms with van der Waals surface area (Å²) in [4.78, 5) is 20.7. The SMILES string of the molecule is C[C@@H](OC(=O)/C=C/c1cnc2ccccc2n1)c1ccccc1Cl. The molecule has 0 N–H and O–H groups in total. The van der Waals surface area contributed by atoms with Crippen molar-refractivity contribution in [2.24, 2.45) is 0 Å². The van der Waals surface area contributed by atoms with Crippen LogP contribution in [-0.4, -0.2) is 15.9 Å². The second-order valence-electron chi connectivity index (χ2n) is 5.22. The molecule has 3 rings (SSSR count). The molecule has 0 saturated carbocycles. The predicted octanol–water partition coefficient (Wildman–Crippen LogP) is 4.60. The summed E-state index contributed by atoms with van der Waals surface area (Å²) >= 11 is 6.10. The third kappa shape index (κ3) is 3.78. The van der Waals surface area contributed by atoms with E-state index in [-0.39, 0.29) is 0 Å². The Kier molecular flexibility index (Phi) is 4.87. The fourth-order valence-corrected chi connectivity index (χ4v) is 2.58. The van der Waals surface area contributed by atoms with Crippen molar-refractivity contribution in [2.45, 2.75) is 13.0 Å². The maximum Gasteiger partial charge on any atom is 0.331 e. The number of carbonyl (C=O) groups excluding carboxylic acids is 1. The van der Waals surface area contributed by atoms with Gasteiger partial charge in [-0.2, -0.15) is 0 Å². The molecule has 0 saturated heterocycles. The minimum atomic E-state index is -0.461. The first-order valence-electron chi connectivity index (χ1n) is 7.48. The monoisotopic (exact) mass is 338 g/mol. The van der Waals surface area contributed by atoms with Gasteiger partial charge in [0.05, 0.1) is 22.9 Å². The van der Waals surface area contributed by atoms with Gasteiger partial charge in [0.25, 0.3) is 0 Å². The fraction of sp³-hybridized carbons (Fsp3) is 0.105. The van der Waals surface area contributed by atoms with Crippen molar-refractivity contribution in [3.05, 3.63) is 77.1 Å². The molecule has 0 spiro atoms. The lowest BCUT2D eigenvalue weighted by Crippen LogP contribution is -2.06. The number of aromatic nitrogens is 2. The molecule has 1 aromatic heterocycles. The highest BCUT2D eigenvalue weighted by Crippen LogP contribution is 2.25. The number of carbonyl (C=O) groups is 1. The number of para-hydroxylation sites is 2. The highest BCUT2D eigenvalue weighted by molar-refractivity contribution is 6.31. The molecule has 0 bridgehead atoms. The molecule has 3 aromatic rings. The van der Waals surface area contributed by atoms with Gasteiger partial charge in [-0.3, -0.25) is 4.98 Å². The largest absolute Gasteiger partial charge is 0.455 e. The van der Waals surface area contributed by atoms with Crippen LogP contribution in [0.3, 0.4) is 0 Å². The first kappa shape index (κ1) is 16.1. The number of nitrogens with zero attached hydrogens (tertiary/aromatic N) is 2. The lowest BCUT2D eigenvalue weighted by molar-refractivity contribution is -0.142. The summed E-state index contributed by atoms with van der Waals surface area (Å²) in [6, 6.07) is 14.8. The molecule has 4 nitrogen and oxygen atoms in total. The number of hydrogen-bond donors (Lipinski definition) is 0. The molecule has 0 unspecified atom stereocenters. The molecule has 0 aliphatic rings. The van der Waals surface area contributed by atoms with Gasteiger partial charge < -0.3 is 4.74 Å². The van der Waals surface area contributed by atoms with E-state index in [4.69, 9.17) is 16.3 Å². The number of halogens is 1. The predicted molar refractivity (Wildman–Crippen MR) is 94.5 cm³/mol. The quantitative estimate of drug-likeness (QED) is 0.515. The van der Waals surface area contributed by atoms with Gasteiger partial charge in [0.15, 0.2) is 0 Å². The average Bonchev–Trinajstić information content (AvgIpc) is 2.60. The molecular formula is C19H15ClN2O2. The normalized spacial score (nSPS) is 12.4. The molecule has 0 amide bonds. The number of benzene rings is 2. The molecule has 120 valence electrons. The van der Waals surface area contributed by atoms with Crippen LogP contribution in [-0.2, 0) is 9.53 Å². The van der Waals surface area contributed by atoms with Gasteiger partial charge in [0.1, 0.15) is 6.10 Å². The number of rotatable bonds is 4. The minimum Gasteiger partial charge on any atom is -0.455 e. The Hall–Kier alpha value is -2.72. The van der Waals surface area contributed by atoms with E-state index in [1.807, 2.05) is 42.5 Å². The summed E-state index contributed by atoms with van der Waals surface area (Å²) in [6.07, 6.45) is 4.11. The average molecular weight is 339 g/mol. The van der Waals surface area contributed by atoms with Gasteiger partial charge in [-0.05, 0) is 31.2 Å². The van der Waals surface area contributed by atoms with E-state index in [1.165, 1.54) is 6.08 Å². The Balaban J connectivity index is 1.69. The third-order valence-corrected chi connectivity index (χ3v) is 3.84. The van der Waals surface area contributed by atoms with Crippen molar-refractivity contribution >= 4 is 34.7 Å². The second-order valence-corrected chi connectivity index (χ2v) is 5.62. The Morgan fingerprint density at radius 1 is 1.12 bits per heavy atom. The van der Waals surface area contributed by atoms with Crippen LogP contribution in [0.4, 0.5) is 0 Å². The fourth-order valence-electron chi connectivity index (χ4n) is 2.29. The Labute approximate surface area is 144 Å². The van der Waals surface area contributed by atoms with E-state index in [0.29, 0.717) is 10.7 Å². The lowest BCUT2D eigenvalue weighted by atomic mass is 10.1. The van der Waals surface area contributed by atoms with Crippen LogP contribution in [0.15, 0.2) is 60.8 Å². The molecule has 0 aliphatic heterocycles. The van der Waals surface area contributed by atoms with Crippen LogP contribution < -0.4 is 0 Å². The van der Waals surface area contributed by atoms with Gasteiger partial charge in [0.2, 0.25) is 0 Å². The van der Waals surface area contributed by atoms with Crippen molar-refractivity contribution in [1.29, 1.82) is 0 Å². The van der Waals surface area contributed by atoms with E-state index < -0.39 is 12.1 Å². The zero-order valence-electron chi connectivity index (χ0n) is 13.0. The summed E-state index contributed by atoms with van der Waals surface area (Å²) in [5.74, 6) is -0.461. The Morgan fingerprint density at radius 3 is 2.62 bits per heavy atom. The molecule has 1 atom stereocenters. The van der Waals surface area contributed by atoms with Crippen molar-refractivity contribution in [3.8, 4) is 0 Å². The van der Waals surface area contributed by atoms with E-state index >= 15 is 0 Å². The number of fused-ring (bicyclic) bond motifs is 1. The highest BCUT2D eigenvalue weighted by Gasteiger charge is 2.12. The van der Waals surface area contributed by atoms with E-state index in [2.05, 4.69) is 9.97 Å². The van der Waals surface area contributed by atoms with Gasteiger partial charge in [-0.25, -0.2) is 9.78 Å². The summed E-state index contributed by atoms with van der Waals surface area (Å²) in [6.45, 7) is 1.78. The van der Waals surface area contributed by atoms with Crippen LogP contribution in [0.5, 0.6) is 0 Å². The van der Waals surface area contributed by atoms with E-state index in [1.54, 1.807) is 25.3 Å². The highest BCUT2D eigenvalue weighted by atomic mass is 35.5. The third-order valence-electron chi connectivity index (χ3n) is 3.49. The molecule has 24 heavy (non-hydrogen) atoms. The number of hydrogen-bond acceptors (Lipinski definition) is 4. The first-order chi connectivity index (χ1) is 11.6. The second kappa shape index (κ2) is 7.23. The molecule has 0 aliphatic carbocycles. The maximum atomic E-state index is 12.0. The van der Waals surface area contributed by atoms with Crippen LogP contribution in [0.1, 0.15) is 24.3 Å². The lowest BCUT2D eigenvalue weighted by Gasteiger charge is -2.13. The van der Waals surface area contributed by atoms with Gasteiger partial charge in [-0.1, -0.05) is 41.9 Å². The molecule has 1 heterocycles. The van der Waals surface area contributed by atoms with Crippen LogP contribution in [0.2, 0.25) is 5.02 Å². The van der Waals surface area contributed by atoms with Crippen molar-refractivity contribution in [3.63, 3.8) is 0 Å². The van der Waals surface area contributed by atoms with Crippen molar-refractivity contribution in [1.82, 2.24) is 9.97 Å². The van der Waals surface area contributed by atoms with Crippen LogP contribution in [0.25, 0.3) is 17.1 Å². The molecule has 0 radical (unpaired) electrons. The van der Waals surface area contributed by atoms with Gasteiger partial charge in [-0.15, -0.1) is 0 Å². The van der Waals surface area contributed by atoms with Crippen LogP contribution in [0, 0.1) is 0 Å². The zero-order chi connectivity index (χ0) is 16.9. The maximum absolute atomic E-state index is 12.0. The molecule has 5 heteroatoms. The van der Waals surface area contributed by atoms with E-state index in [0.717, 1.165) is 16.6 Å². The number of ether oxygens (including phenoxy) is 1. The molecule has 0 fully saturated rings. The topological polar surface area (TPSA) is 52.1 Å². The summed E-state index contributed by atoms with van der Waals surface area (Å²) in [5.41, 5.74) is 2.95. The Bertz CT molecular complexity index is 909. The Morgan fingerprint density at radius 2 is 1.83 bits per heavy atom. The van der Waals surface area contributed by atoms with Gasteiger partial charge in [0, 0.05) is 16.7 Å². The van der Waals surface area contributed by atoms with E-state index in [9.17, 15) is 4.79 Å². The summed E-state index contributed by atoms with van der Waals surface area (Å²) in [7, 11) is 0. The summed E-state index contributed by atoms with van der Waals surface area (Å²) < 4.78 is 5.37. The standard InChI is InChI=1S/C19H15ClN2O2/c1-13(15-6-2-3-7-16(15)20)24-19(23)11-10-14-12-21-17-8-4-5-9-18(17)22-14/h2-13H,1H3/b11-10+/t13-/m1/s1. The zero-order valence-corrected chi connectivity index (χ0v) is 13.8. The van der Waals surface area contributed by atoms with Crippen LogP contribution >= 0.6 is 11.6 Å². The smallest absolute Gasteiger partial charge is 0.331 e.